The molecule has 3 saturated heterocycles. The minimum atomic E-state index is 0.367. The molecule has 0 saturated carbocycles. The molecular formula is C18H34N2O2. The predicted molar refractivity (Wildman–Crippen MR) is 89.3 cm³/mol. The molecule has 3 fully saturated rings. The van der Waals surface area contributed by atoms with Crippen LogP contribution in [0.15, 0.2) is 0 Å². The van der Waals surface area contributed by atoms with Crippen molar-refractivity contribution < 1.29 is 9.47 Å². The van der Waals surface area contributed by atoms with Crippen molar-refractivity contribution in [2.75, 3.05) is 52.5 Å². The van der Waals surface area contributed by atoms with Crippen LogP contribution in [0.2, 0.25) is 0 Å². The van der Waals surface area contributed by atoms with Crippen LogP contribution in [0.3, 0.4) is 0 Å². The molecule has 0 aromatic rings. The Labute approximate surface area is 136 Å². The quantitative estimate of drug-likeness (QED) is 0.753. The second kappa shape index (κ2) is 9.21. The number of hydrogen-bond acceptors (Lipinski definition) is 4. The molecule has 22 heavy (non-hydrogen) atoms. The zero-order chi connectivity index (χ0) is 15.0. The Morgan fingerprint density at radius 2 is 1.50 bits per heavy atom. The standard InChI is InChI=1S/C18H34N2O2/c1-3-9-19(10-4-1)13-14-20-11-7-17(8-12-20)22-16-18-6-2-5-15-21-18/h17-18H,1-16H2/t18-/m1/s1. The maximum atomic E-state index is 6.10. The van der Waals surface area contributed by atoms with Gasteiger partial charge in [-0.15, -0.1) is 0 Å². The number of rotatable bonds is 6. The average Bonchev–Trinajstić information content (AvgIpc) is 2.61. The summed E-state index contributed by atoms with van der Waals surface area (Å²) in [4.78, 5) is 5.28. The van der Waals surface area contributed by atoms with Gasteiger partial charge in [-0.1, -0.05) is 6.42 Å². The first-order valence-electron chi connectivity index (χ1n) is 9.58. The van der Waals surface area contributed by atoms with Crippen molar-refractivity contribution in [3.8, 4) is 0 Å². The summed E-state index contributed by atoms with van der Waals surface area (Å²) >= 11 is 0. The van der Waals surface area contributed by atoms with Crippen LogP contribution in [0, 0.1) is 0 Å². The Hall–Kier alpha value is -0.160. The van der Waals surface area contributed by atoms with Gasteiger partial charge in [-0.25, -0.2) is 0 Å². The van der Waals surface area contributed by atoms with E-state index in [9.17, 15) is 0 Å². The summed E-state index contributed by atoms with van der Waals surface area (Å²) in [5.41, 5.74) is 0. The number of ether oxygens (including phenoxy) is 2. The SMILES string of the molecule is C1CCN(CCN2CCC(OC[C@H]3CCCCO3)CC2)CC1. The molecule has 0 radical (unpaired) electrons. The molecule has 0 aliphatic carbocycles. The van der Waals surface area contributed by atoms with Crippen LogP contribution in [-0.4, -0.2) is 74.5 Å². The van der Waals surface area contributed by atoms with Gasteiger partial charge in [-0.05, 0) is 58.0 Å². The van der Waals surface area contributed by atoms with E-state index in [1.165, 1.54) is 90.6 Å². The topological polar surface area (TPSA) is 24.9 Å². The summed E-state index contributed by atoms with van der Waals surface area (Å²) in [5, 5.41) is 0. The second-order valence-corrected chi connectivity index (χ2v) is 7.27. The van der Waals surface area contributed by atoms with Crippen LogP contribution in [0.25, 0.3) is 0 Å². The molecule has 0 bridgehead atoms. The zero-order valence-electron chi connectivity index (χ0n) is 14.2. The molecule has 0 unspecified atom stereocenters. The Kier molecular flexibility index (Phi) is 6.99. The first-order chi connectivity index (χ1) is 10.9. The van der Waals surface area contributed by atoms with E-state index in [4.69, 9.17) is 9.47 Å². The van der Waals surface area contributed by atoms with Crippen LogP contribution in [0.4, 0.5) is 0 Å². The predicted octanol–water partition coefficient (Wildman–Crippen LogP) is 2.52. The third kappa shape index (κ3) is 5.48. The average molecular weight is 310 g/mol. The van der Waals surface area contributed by atoms with Crippen LogP contribution < -0.4 is 0 Å². The highest BCUT2D eigenvalue weighted by Gasteiger charge is 2.22. The summed E-state index contributed by atoms with van der Waals surface area (Å²) < 4.78 is 11.9. The van der Waals surface area contributed by atoms with E-state index in [2.05, 4.69) is 9.80 Å². The molecule has 4 nitrogen and oxygen atoms in total. The fourth-order valence-corrected chi connectivity index (χ4v) is 3.95. The lowest BCUT2D eigenvalue weighted by molar-refractivity contribution is -0.0751. The lowest BCUT2D eigenvalue weighted by Crippen LogP contribution is -2.43. The zero-order valence-corrected chi connectivity index (χ0v) is 14.2. The molecule has 3 aliphatic rings. The van der Waals surface area contributed by atoms with Gasteiger partial charge in [0.1, 0.15) is 0 Å². The minimum absolute atomic E-state index is 0.367. The molecule has 0 spiro atoms. The Bertz CT molecular complexity index is 263. The molecule has 128 valence electrons. The number of nitrogens with zero attached hydrogens (tertiary/aromatic N) is 2. The second-order valence-electron chi connectivity index (χ2n) is 7.27. The number of piperidine rings is 2. The van der Waals surface area contributed by atoms with Gasteiger partial charge in [-0.3, -0.25) is 0 Å². The van der Waals surface area contributed by atoms with Crippen molar-refractivity contribution in [1.29, 1.82) is 0 Å². The number of hydrogen-bond donors (Lipinski definition) is 0. The molecule has 3 aliphatic heterocycles. The highest BCUT2D eigenvalue weighted by Crippen LogP contribution is 2.18. The summed E-state index contributed by atoms with van der Waals surface area (Å²) in [6, 6.07) is 0. The van der Waals surface area contributed by atoms with E-state index in [0.717, 1.165) is 13.2 Å². The maximum Gasteiger partial charge on any atom is 0.0808 e. The van der Waals surface area contributed by atoms with E-state index in [1.54, 1.807) is 0 Å². The van der Waals surface area contributed by atoms with Gasteiger partial charge < -0.3 is 19.3 Å². The first kappa shape index (κ1) is 16.7. The van der Waals surface area contributed by atoms with Gasteiger partial charge >= 0.3 is 0 Å². The lowest BCUT2D eigenvalue weighted by atomic mass is 10.1. The summed E-state index contributed by atoms with van der Waals surface area (Å²) in [5.74, 6) is 0. The van der Waals surface area contributed by atoms with E-state index in [0.29, 0.717) is 12.2 Å². The van der Waals surface area contributed by atoms with E-state index >= 15 is 0 Å². The third-order valence-corrected chi connectivity index (χ3v) is 5.51. The largest absolute Gasteiger partial charge is 0.376 e. The molecule has 0 aromatic heterocycles. The van der Waals surface area contributed by atoms with Gasteiger partial charge in [0.2, 0.25) is 0 Å². The van der Waals surface area contributed by atoms with Gasteiger partial charge in [0.25, 0.3) is 0 Å². The highest BCUT2D eigenvalue weighted by atomic mass is 16.5. The van der Waals surface area contributed by atoms with Gasteiger partial charge in [0.15, 0.2) is 0 Å². The maximum absolute atomic E-state index is 6.10. The Balaban J connectivity index is 1.25. The van der Waals surface area contributed by atoms with Crippen molar-refractivity contribution >= 4 is 0 Å². The van der Waals surface area contributed by atoms with Crippen molar-refractivity contribution in [2.45, 2.75) is 63.6 Å². The van der Waals surface area contributed by atoms with Crippen molar-refractivity contribution in [1.82, 2.24) is 9.80 Å². The molecular weight excluding hydrogens is 276 g/mol. The van der Waals surface area contributed by atoms with Crippen LogP contribution in [0.1, 0.15) is 51.4 Å². The van der Waals surface area contributed by atoms with Crippen LogP contribution >= 0.6 is 0 Å². The fraction of sp³-hybridized carbons (Fsp3) is 1.00. The fourth-order valence-electron chi connectivity index (χ4n) is 3.95. The molecule has 0 amide bonds. The smallest absolute Gasteiger partial charge is 0.0808 e. The monoisotopic (exact) mass is 310 g/mol. The van der Waals surface area contributed by atoms with Crippen LogP contribution in [-0.2, 0) is 9.47 Å². The van der Waals surface area contributed by atoms with E-state index in [-0.39, 0.29) is 0 Å². The van der Waals surface area contributed by atoms with Crippen LogP contribution in [0.5, 0.6) is 0 Å². The Morgan fingerprint density at radius 3 is 2.18 bits per heavy atom. The molecule has 1 atom stereocenters. The van der Waals surface area contributed by atoms with Crippen molar-refractivity contribution in [3.05, 3.63) is 0 Å². The lowest BCUT2D eigenvalue weighted by Gasteiger charge is -2.35. The number of likely N-dealkylation sites (tertiary alicyclic amines) is 2. The molecule has 0 aromatic carbocycles. The highest BCUT2D eigenvalue weighted by molar-refractivity contribution is 4.75. The van der Waals surface area contributed by atoms with Gasteiger partial charge in [0.05, 0.1) is 18.8 Å². The molecule has 4 heteroatoms. The summed E-state index contributed by atoms with van der Waals surface area (Å²) in [7, 11) is 0. The van der Waals surface area contributed by atoms with E-state index < -0.39 is 0 Å². The third-order valence-electron chi connectivity index (χ3n) is 5.51. The van der Waals surface area contributed by atoms with Gasteiger partial charge in [0, 0.05) is 32.8 Å². The van der Waals surface area contributed by atoms with Crippen molar-refractivity contribution in [3.63, 3.8) is 0 Å². The molecule has 0 N–H and O–H groups in total. The normalized spacial score (nSPS) is 29.7. The molecule has 3 heterocycles. The van der Waals surface area contributed by atoms with Crippen molar-refractivity contribution in [2.24, 2.45) is 0 Å². The first-order valence-corrected chi connectivity index (χ1v) is 9.58. The summed E-state index contributed by atoms with van der Waals surface area (Å²) in [6.45, 7) is 9.33. The van der Waals surface area contributed by atoms with Gasteiger partial charge in [-0.2, -0.15) is 0 Å². The molecule has 3 rings (SSSR count). The summed E-state index contributed by atoms with van der Waals surface area (Å²) in [6.07, 6.45) is 11.2. The Morgan fingerprint density at radius 1 is 0.773 bits per heavy atom. The minimum Gasteiger partial charge on any atom is -0.376 e. The van der Waals surface area contributed by atoms with E-state index in [1.807, 2.05) is 0 Å².